The monoisotopic (exact) mass is 256 g/mol. The van der Waals surface area contributed by atoms with Crippen LogP contribution in [0, 0.1) is 10.8 Å². The van der Waals surface area contributed by atoms with Gasteiger partial charge in [0.1, 0.15) is 0 Å². The van der Waals surface area contributed by atoms with Gasteiger partial charge in [-0.3, -0.25) is 0 Å². The van der Waals surface area contributed by atoms with Crippen molar-refractivity contribution in [1.29, 1.82) is 0 Å². The fourth-order valence-electron chi connectivity index (χ4n) is 4.17. The van der Waals surface area contributed by atoms with Gasteiger partial charge in [-0.25, -0.2) is 0 Å². The highest BCUT2D eigenvalue weighted by molar-refractivity contribution is 5.27. The van der Waals surface area contributed by atoms with Gasteiger partial charge in [-0.15, -0.1) is 6.58 Å². The third-order valence-electron chi connectivity index (χ3n) is 4.39. The molecule has 0 amide bonds. The summed E-state index contributed by atoms with van der Waals surface area (Å²) in [4.78, 5) is 0. The van der Waals surface area contributed by atoms with E-state index in [1.165, 1.54) is 30.4 Å². The van der Waals surface area contributed by atoms with Crippen LogP contribution in [0.2, 0.25) is 0 Å². The number of hydrogen-bond acceptors (Lipinski definition) is 0. The van der Waals surface area contributed by atoms with Gasteiger partial charge >= 0.3 is 0 Å². The third kappa shape index (κ3) is 3.72. The van der Waals surface area contributed by atoms with Crippen LogP contribution in [-0.2, 0) is 6.42 Å². The highest BCUT2D eigenvalue weighted by Crippen LogP contribution is 2.51. The molecule has 0 unspecified atom stereocenters. The highest BCUT2D eigenvalue weighted by Gasteiger charge is 2.38. The van der Waals surface area contributed by atoms with E-state index in [1.54, 1.807) is 0 Å². The van der Waals surface area contributed by atoms with Gasteiger partial charge in [-0.2, -0.15) is 0 Å². The predicted molar refractivity (Wildman–Crippen MR) is 84.5 cm³/mol. The molecule has 19 heavy (non-hydrogen) atoms. The maximum atomic E-state index is 3.81. The Labute approximate surface area is 118 Å². The molecule has 0 heterocycles. The van der Waals surface area contributed by atoms with Crippen LogP contribution in [0.15, 0.2) is 36.9 Å². The van der Waals surface area contributed by atoms with Crippen molar-refractivity contribution >= 4 is 0 Å². The summed E-state index contributed by atoms with van der Waals surface area (Å²) in [5.41, 5.74) is 3.82. The average molecular weight is 256 g/mol. The fourth-order valence-corrected chi connectivity index (χ4v) is 4.17. The maximum absolute atomic E-state index is 3.81. The summed E-state index contributed by atoms with van der Waals surface area (Å²) in [7, 11) is 0. The van der Waals surface area contributed by atoms with E-state index < -0.39 is 0 Å². The molecule has 104 valence electrons. The van der Waals surface area contributed by atoms with Gasteiger partial charge in [0, 0.05) is 0 Å². The second-order valence-electron chi connectivity index (χ2n) is 7.84. The molecule has 0 atom stereocenters. The van der Waals surface area contributed by atoms with Gasteiger partial charge < -0.3 is 0 Å². The first-order valence-electron chi connectivity index (χ1n) is 7.51. The molecule has 0 spiro atoms. The van der Waals surface area contributed by atoms with Crippen LogP contribution in [0.4, 0.5) is 0 Å². The second-order valence-corrected chi connectivity index (χ2v) is 7.84. The quantitative estimate of drug-likeness (QED) is 0.605. The molecule has 0 bridgehead atoms. The van der Waals surface area contributed by atoms with Crippen molar-refractivity contribution in [1.82, 2.24) is 0 Å². The van der Waals surface area contributed by atoms with E-state index in [-0.39, 0.29) is 0 Å². The van der Waals surface area contributed by atoms with E-state index in [0.717, 1.165) is 12.3 Å². The molecule has 0 aromatic heterocycles. The first-order chi connectivity index (χ1) is 8.81. The van der Waals surface area contributed by atoms with Crippen molar-refractivity contribution < 1.29 is 0 Å². The van der Waals surface area contributed by atoms with Gasteiger partial charge in [-0.05, 0) is 53.6 Å². The highest BCUT2D eigenvalue weighted by atomic mass is 14.4. The number of allylic oxidation sites excluding steroid dienone is 1. The Hall–Kier alpha value is -1.04. The standard InChI is InChI=1S/C19H28/c1-6-7-15-8-10-16(11-9-15)17-12-18(2,3)14-19(4,5)13-17/h6,8-11,17H,1,7,12-14H2,2-5H3. The van der Waals surface area contributed by atoms with E-state index in [9.17, 15) is 0 Å². The summed E-state index contributed by atoms with van der Waals surface area (Å²) in [5, 5.41) is 0. The molecule has 0 saturated heterocycles. The average Bonchev–Trinajstić information content (AvgIpc) is 2.26. The van der Waals surface area contributed by atoms with Crippen LogP contribution in [0.5, 0.6) is 0 Å². The molecular formula is C19H28. The van der Waals surface area contributed by atoms with Crippen LogP contribution >= 0.6 is 0 Å². The molecule has 0 N–H and O–H groups in total. The predicted octanol–water partition coefficient (Wildman–Crippen LogP) is 5.74. The van der Waals surface area contributed by atoms with E-state index in [0.29, 0.717) is 10.8 Å². The minimum Gasteiger partial charge on any atom is -0.103 e. The van der Waals surface area contributed by atoms with Crippen LogP contribution in [-0.4, -0.2) is 0 Å². The first kappa shape index (κ1) is 14.4. The summed E-state index contributed by atoms with van der Waals surface area (Å²) in [6.45, 7) is 13.5. The van der Waals surface area contributed by atoms with Gasteiger partial charge in [-0.1, -0.05) is 58.0 Å². The second kappa shape index (κ2) is 5.15. The van der Waals surface area contributed by atoms with Crippen molar-refractivity contribution in [2.24, 2.45) is 10.8 Å². The molecule has 0 radical (unpaired) electrons. The van der Waals surface area contributed by atoms with Crippen molar-refractivity contribution in [2.45, 2.75) is 59.3 Å². The van der Waals surface area contributed by atoms with Crippen LogP contribution in [0.3, 0.4) is 0 Å². The SMILES string of the molecule is C=CCc1ccc(C2CC(C)(C)CC(C)(C)C2)cc1. The zero-order chi connectivity index (χ0) is 14.1. The van der Waals surface area contributed by atoms with E-state index in [2.05, 4.69) is 58.5 Å². The summed E-state index contributed by atoms with van der Waals surface area (Å²) in [5.74, 6) is 0.719. The smallest absolute Gasteiger partial charge is 0.0100 e. The minimum absolute atomic E-state index is 0.464. The number of benzene rings is 1. The van der Waals surface area contributed by atoms with Gasteiger partial charge in [0.05, 0.1) is 0 Å². The minimum atomic E-state index is 0.464. The Balaban J connectivity index is 2.18. The molecule has 1 aliphatic rings. The van der Waals surface area contributed by atoms with Crippen molar-refractivity contribution in [3.05, 3.63) is 48.0 Å². The molecule has 0 nitrogen and oxygen atoms in total. The fraction of sp³-hybridized carbons (Fsp3) is 0.579. The molecule has 1 fully saturated rings. The van der Waals surface area contributed by atoms with Gasteiger partial charge in [0.2, 0.25) is 0 Å². The zero-order valence-electron chi connectivity index (χ0n) is 13.0. The Morgan fingerprint density at radius 3 is 2.05 bits per heavy atom. The summed E-state index contributed by atoms with van der Waals surface area (Å²) in [6.07, 6.45) is 6.92. The lowest BCUT2D eigenvalue weighted by atomic mass is 9.60. The van der Waals surface area contributed by atoms with E-state index in [1.807, 2.05) is 6.08 Å². The topological polar surface area (TPSA) is 0 Å². The number of hydrogen-bond donors (Lipinski definition) is 0. The Morgan fingerprint density at radius 2 is 1.58 bits per heavy atom. The largest absolute Gasteiger partial charge is 0.103 e. The van der Waals surface area contributed by atoms with Crippen molar-refractivity contribution in [3.63, 3.8) is 0 Å². The lowest BCUT2D eigenvalue weighted by molar-refractivity contribution is 0.0969. The van der Waals surface area contributed by atoms with Crippen LogP contribution in [0.1, 0.15) is 64.0 Å². The van der Waals surface area contributed by atoms with Gasteiger partial charge in [0.25, 0.3) is 0 Å². The third-order valence-corrected chi connectivity index (χ3v) is 4.39. The lowest BCUT2D eigenvalue weighted by Gasteiger charge is -2.45. The van der Waals surface area contributed by atoms with E-state index >= 15 is 0 Å². The van der Waals surface area contributed by atoms with Crippen molar-refractivity contribution in [3.8, 4) is 0 Å². The molecule has 1 aromatic carbocycles. The Bertz CT molecular complexity index is 418. The molecule has 1 aromatic rings. The molecule has 1 saturated carbocycles. The summed E-state index contributed by atoms with van der Waals surface area (Å²) >= 11 is 0. The summed E-state index contributed by atoms with van der Waals surface area (Å²) < 4.78 is 0. The van der Waals surface area contributed by atoms with E-state index in [4.69, 9.17) is 0 Å². The molecule has 0 aliphatic heterocycles. The molecular weight excluding hydrogens is 228 g/mol. The molecule has 2 rings (SSSR count). The normalized spacial score (nSPS) is 22.1. The first-order valence-corrected chi connectivity index (χ1v) is 7.51. The lowest BCUT2D eigenvalue weighted by Crippen LogP contribution is -2.32. The van der Waals surface area contributed by atoms with Crippen LogP contribution < -0.4 is 0 Å². The Kier molecular flexibility index (Phi) is 3.90. The Morgan fingerprint density at radius 1 is 1.05 bits per heavy atom. The summed E-state index contributed by atoms with van der Waals surface area (Å²) in [6, 6.07) is 9.21. The van der Waals surface area contributed by atoms with Crippen molar-refractivity contribution in [2.75, 3.05) is 0 Å². The zero-order valence-corrected chi connectivity index (χ0v) is 13.0. The van der Waals surface area contributed by atoms with Crippen LogP contribution in [0.25, 0.3) is 0 Å². The molecule has 1 aliphatic carbocycles. The molecule has 0 heteroatoms. The van der Waals surface area contributed by atoms with Gasteiger partial charge in [0.15, 0.2) is 0 Å². The maximum Gasteiger partial charge on any atom is -0.0100 e. The number of rotatable bonds is 3.